The third-order valence-electron chi connectivity index (χ3n) is 3.23. The molecule has 0 aliphatic carbocycles. The topological polar surface area (TPSA) is 84.5 Å². The minimum Gasteiger partial charge on any atom is -0.465 e. The van der Waals surface area contributed by atoms with Gasteiger partial charge >= 0.3 is 5.97 Å². The van der Waals surface area contributed by atoms with Gasteiger partial charge in [0.25, 0.3) is 0 Å². The first-order valence-electron chi connectivity index (χ1n) is 6.44. The zero-order valence-electron chi connectivity index (χ0n) is 11.3. The van der Waals surface area contributed by atoms with Gasteiger partial charge in [0.15, 0.2) is 0 Å². The van der Waals surface area contributed by atoms with Crippen LogP contribution in [0.5, 0.6) is 0 Å². The summed E-state index contributed by atoms with van der Waals surface area (Å²) in [7, 11) is -2.35. The summed E-state index contributed by atoms with van der Waals surface area (Å²) in [4.78, 5) is 11.5. The zero-order valence-corrected chi connectivity index (χ0v) is 12.1. The Labute approximate surface area is 118 Å². The van der Waals surface area contributed by atoms with Crippen molar-refractivity contribution in [2.24, 2.45) is 0 Å². The van der Waals surface area contributed by atoms with Gasteiger partial charge < -0.3 is 10.1 Å². The number of rotatable bonds is 4. The summed E-state index contributed by atoms with van der Waals surface area (Å²) in [5.74, 6) is -0.552. The van der Waals surface area contributed by atoms with Crippen LogP contribution in [0, 0.1) is 0 Å². The lowest BCUT2D eigenvalue weighted by molar-refractivity contribution is 0.0600. The summed E-state index contributed by atoms with van der Waals surface area (Å²) < 4.78 is 31.8. The number of esters is 1. The second kappa shape index (κ2) is 6.34. The van der Waals surface area contributed by atoms with E-state index in [2.05, 4.69) is 14.8 Å². The number of carbonyl (C=O) groups is 1. The highest BCUT2D eigenvalue weighted by Gasteiger charge is 2.22. The Morgan fingerprint density at radius 1 is 1.35 bits per heavy atom. The largest absolute Gasteiger partial charge is 0.465 e. The molecule has 1 aromatic carbocycles. The van der Waals surface area contributed by atoms with E-state index in [1.807, 2.05) is 0 Å². The molecule has 0 spiro atoms. The van der Waals surface area contributed by atoms with Crippen LogP contribution in [0.1, 0.15) is 23.2 Å². The SMILES string of the molecule is COC(=O)c1cccc(S(=O)(=O)NC2CCNCC2)c1. The molecule has 7 heteroatoms. The number of nitrogens with one attached hydrogen (secondary N) is 2. The number of carbonyl (C=O) groups excluding carboxylic acids is 1. The van der Waals surface area contributed by atoms with Gasteiger partial charge in [0.2, 0.25) is 10.0 Å². The summed E-state index contributed by atoms with van der Waals surface area (Å²) in [6.07, 6.45) is 1.52. The predicted molar refractivity (Wildman–Crippen MR) is 74.0 cm³/mol. The normalized spacial score (nSPS) is 16.9. The number of hydrogen-bond acceptors (Lipinski definition) is 5. The Morgan fingerprint density at radius 2 is 2.05 bits per heavy atom. The number of sulfonamides is 1. The van der Waals surface area contributed by atoms with E-state index >= 15 is 0 Å². The van der Waals surface area contributed by atoms with Crippen LogP contribution in [0.15, 0.2) is 29.2 Å². The summed E-state index contributed by atoms with van der Waals surface area (Å²) in [6.45, 7) is 1.60. The molecule has 2 rings (SSSR count). The molecule has 0 bridgehead atoms. The van der Waals surface area contributed by atoms with Crippen LogP contribution >= 0.6 is 0 Å². The fourth-order valence-corrected chi connectivity index (χ4v) is 3.49. The van der Waals surface area contributed by atoms with E-state index < -0.39 is 16.0 Å². The quantitative estimate of drug-likeness (QED) is 0.791. The first kappa shape index (κ1) is 15.0. The molecule has 0 atom stereocenters. The average Bonchev–Trinajstić information content (AvgIpc) is 2.47. The highest BCUT2D eigenvalue weighted by atomic mass is 32.2. The van der Waals surface area contributed by atoms with Crippen molar-refractivity contribution in [3.05, 3.63) is 29.8 Å². The van der Waals surface area contributed by atoms with Crippen molar-refractivity contribution in [3.63, 3.8) is 0 Å². The van der Waals surface area contributed by atoms with Crippen LogP contribution < -0.4 is 10.0 Å². The highest BCUT2D eigenvalue weighted by Crippen LogP contribution is 2.14. The molecular weight excluding hydrogens is 280 g/mol. The molecule has 1 heterocycles. The van der Waals surface area contributed by atoms with Crippen molar-refractivity contribution in [2.75, 3.05) is 20.2 Å². The van der Waals surface area contributed by atoms with Gasteiger partial charge in [0.1, 0.15) is 0 Å². The fourth-order valence-electron chi connectivity index (χ4n) is 2.14. The summed E-state index contributed by atoms with van der Waals surface area (Å²) in [6, 6.07) is 5.78. The Bertz CT molecular complexity index is 580. The molecule has 0 aromatic heterocycles. The van der Waals surface area contributed by atoms with Gasteiger partial charge in [-0.25, -0.2) is 17.9 Å². The van der Waals surface area contributed by atoms with E-state index in [0.717, 1.165) is 25.9 Å². The first-order valence-corrected chi connectivity index (χ1v) is 7.92. The second-order valence-electron chi connectivity index (χ2n) is 4.66. The second-order valence-corrected chi connectivity index (χ2v) is 6.38. The van der Waals surface area contributed by atoms with Crippen LogP contribution in [-0.4, -0.2) is 40.6 Å². The van der Waals surface area contributed by atoms with Crippen molar-refractivity contribution in [3.8, 4) is 0 Å². The molecular formula is C13H18N2O4S. The van der Waals surface area contributed by atoms with Gasteiger partial charge in [-0.1, -0.05) is 6.07 Å². The number of piperidine rings is 1. The van der Waals surface area contributed by atoms with Crippen molar-refractivity contribution < 1.29 is 17.9 Å². The maximum absolute atomic E-state index is 12.3. The molecule has 1 saturated heterocycles. The van der Waals surface area contributed by atoms with Crippen LogP contribution in [-0.2, 0) is 14.8 Å². The molecule has 110 valence electrons. The molecule has 6 nitrogen and oxygen atoms in total. The molecule has 2 N–H and O–H groups in total. The Morgan fingerprint density at radius 3 is 2.70 bits per heavy atom. The van der Waals surface area contributed by atoms with Gasteiger partial charge in [-0.3, -0.25) is 0 Å². The minimum atomic E-state index is -3.61. The Kier molecular flexibility index (Phi) is 4.74. The van der Waals surface area contributed by atoms with Crippen LogP contribution in [0.2, 0.25) is 0 Å². The van der Waals surface area contributed by atoms with Crippen molar-refractivity contribution in [1.29, 1.82) is 0 Å². The number of hydrogen-bond donors (Lipinski definition) is 2. The third-order valence-corrected chi connectivity index (χ3v) is 4.74. The van der Waals surface area contributed by atoms with E-state index in [-0.39, 0.29) is 16.5 Å². The highest BCUT2D eigenvalue weighted by molar-refractivity contribution is 7.89. The third kappa shape index (κ3) is 3.56. The van der Waals surface area contributed by atoms with E-state index in [1.165, 1.54) is 31.4 Å². The molecule has 1 aromatic rings. The Hall–Kier alpha value is -1.44. The summed E-state index contributed by atoms with van der Waals surface area (Å²) in [5, 5.41) is 3.18. The molecule has 0 saturated carbocycles. The molecule has 1 fully saturated rings. The van der Waals surface area contributed by atoms with Crippen molar-refractivity contribution >= 4 is 16.0 Å². The minimum absolute atomic E-state index is 0.0666. The smallest absolute Gasteiger partial charge is 0.337 e. The standard InChI is InChI=1S/C13H18N2O4S/c1-19-13(16)10-3-2-4-12(9-10)20(17,18)15-11-5-7-14-8-6-11/h2-4,9,11,14-15H,5-8H2,1H3. The Balaban J connectivity index is 2.18. The number of ether oxygens (including phenoxy) is 1. The first-order chi connectivity index (χ1) is 9.53. The van der Waals surface area contributed by atoms with E-state index in [1.54, 1.807) is 0 Å². The summed E-state index contributed by atoms with van der Waals surface area (Å²) >= 11 is 0. The van der Waals surface area contributed by atoms with Gasteiger partial charge in [0.05, 0.1) is 17.6 Å². The van der Waals surface area contributed by atoms with Crippen LogP contribution in [0.25, 0.3) is 0 Å². The lowest BCUT2D eigenvalue weighted by Gasteiger charge is -2.23. The molecule has 1 aliphatic rings. The maximum atomic E-state index is 12.3. The van der Waals surface area contributed by atoms with E-state index in [4.69, 9.17) is 0 Å². The predicted octanol–water partition coefficient (Wildman–Crippen LogP) is 0.503. The van der Waals surface area contributed by atoms with E-state index in [9.17, 15) is 13.2 Å². The van der Waals surface area contributed by atoms with Gasteiger partial charge in [-0.15, -0.1) is 0 Å². The molecule has 0 amide bonds. The lowest BCUT2D eigenvalue weighted by Crippen LogP contribution is -2.42. The van der Waals surface area contributed by atoms with Crippen LogP contribution in [0.3, 0.4) is 0 Å². The number of methoxy groups -OCH3 is 1. The van der Waals surface area contributed by atoms with Gasteiger partial charge in [0, 0.05) is 6.04 Å². The zero-order chi connectivity index (χ0) is 14.6. The fraction of sp³-hybridized carbons (Fsp3) is 0.462. The molecule has 0 radical (unpaired) electrons. The van der Waals surface area contributed by atoms with E-state index in [0.29, 0.717) is 0 Å². The lowest BCUT2D eigenvalue weighted by atomic mass is 10.1. The monoisotopic (exact) mass is 298 g/mol. The maximum Gasteiger partial charge on any atom is 0.337 e. The molecule has 0 unspecified atom stereocenters. The van der Waals surface area contributed by atoms with Crippen molar-refractivity contribution in [1.82, 2.24) is 10.0 Å². The molecule has 20 heavy (non-hydrogen) atoms. The van der Waals surface area contributed by atoms with Crippen LogP contribution in [0.4, 0.5) is 0 Å². The van der Waals surface area contributed by atoms with Gasteiger partial charge in [-0.2, -0.15) is 0 Å². The summed E-state index contributed by atoms with van der Waals surface area (Å²) in [5.41, 5.74) is 0.223. The molecule has 1 aliphatic heterocycles. The van der Waals surface area contributed by atoms with Gasteiger partial charge in [-0.05, 0) is 44.1 Å². The number of benzene rings is 1. The van der Waals surface area contributed by atoms with Crippen molar-refractivity contribution in [2.45, 2.75) is 23.8 Å². The average molecular weight is 298 g/mol.